The Morgan fingerprint density at radius 3 is 2.61 bits per heavy atom. The third kappa shape index (κ3) is 2.70. The summed E-state index contributed by atoms with van der Waals surface area (Å²) < 4.78 is 0. The van der Waals surface area contributed by atoms with Gasteiger partial charge in [-0.25, -0.2) is 0 Å². The van der Waals surface area contributed by atoms with Gasteiger partial charge in [0.2, 0.25) is 0 Å². The number of likely N-dealkylation sites (tertiary alicyclic amines) is 1. The van der Waals surface area contributed by atoms with E-state index in [1.54, 1.807) is 0 Å². The van der Waals surface area contributed by atoms with E-state index in [1.807, 2.05) is 30.9 Å². The molecular weight excluding hydrogens is 224 g/mol. The van der Waals surface area contributed by atoms with E-state index in [0.29, 0.717) is 6.54 Å². The van der Waals surface area contributed by atoms with Crippen LogP contribution < -0.4 is 0 Å². The van der Waals surface area contributed by atoms with Gasteiger partial charge in [0.15, 0.2) is 0 Å². The lowest BCUT2D eigenvalue weighted by atomic mass is 9.98. The highest BCUT2D eigenvalue weighted by Gasteiger charge is 2.24. The number of hydrogen-bond donors (Lipinski definition) is 0. The molecule has 0 aliphatic carbocycles. The number of aryl methyl sites for hydroxylation is 2. The van der Waals surface area contributed by atoms with Gasteiger partial charge in [-0.1, -0.05) is 17.2 Å². The molecule has 0 aromatic heterocycles. The normalized spacial score (nSPS) is 19.4. The van der Waals surface area contributed by atoms with Gasteiger partial charge >= 0.3 is 0 Å². The number of nitrogens with zero attached hydrogens (tertiary/aromatic N) is 2. The van der Waals surface area contributed by atoms with Crippen LogP contribution >= 0.6 is 0 Å². The Kier molecular flexibility index (Phi) is 3.66. The molecule has 0 spiro atoms. The van der Waals surface area contributed by atoms with Crippen molar-refractivity contribution in [2.45, 2.75) is 26.7 Å². The number of nitriles is 1. The monoisotopic (exact) mass is 242 g/mol. The smallest absolute Gasteiger partial charge is 0.253 e. The topological polar surface area (TPSA) is 44.1 Å². The molecule has 0 bridgehead atoms. The van der Waals surface area contributed by atoms with Crippen LogP contribution in [0, 0.1) is 31.1 Å². The Hall–Kier alpha value is -1.82. The summed E-state index contributed by atoms with van der Waals surface area (Å²) in [5, 5.41) is 8.96. The van der Waals surface area contributed by atoms with Crippen LogP contribution in [0.15, 0.2) is 18.2 Å². The Labute approximate surface area is 108 Å². The van der Waals surface area contributed by atoms with E-state index in [-0.39, 0.29) is 11.8 Å². The van der Waals surface area contributed by atoms with Gasteiger partial charge in [-0.3, -0.25) is 4.79 Å². The Balaban J connectivity index is 2.18. The first-order valence-corrected chi connectivity index (χ1v) is 6.37. The average Bonchev–Trinajstić information content (AvgIpc) is 2.37. The molecule has 1 aromatic carbocycles. The number of hydrogen-bond acceptors (Lipinski definition) is 2. The molecule has 2 rings (SSSR count). The molecule has 3 nitrogen and oxygen atoms in total. The molecule has 94 valence electrons. The average molecular weight is 242 g/mol. The van der Waals surface area contributed by atoms with Gasteiger partial charge in [0.25, 0.3) is 5.91 Å². The van der Waals surface area contributed by atoms with Crippen molar-refractivity contribution in [3.8, 4) is 6.07 Å². The molecule has 18 heavy (non-hydrogen) atoms. The molecule has 3 heteroatoms. The fourth-order valence-electron chi connectivity index (χ4n) is 2.55. The molecule has 1 aliphatic heterocycles. The van der Waals surface area contributed by atoms with Gasteiger partial charge in [0.05, 0.1) is 12.0 Å². The summed E-state index contributed by atoms with van der Waals surface area (Å²) in [4.78, 5) is 14.2. The molecule has 1 heterocycles. The molecule has 1 amide bonds. The van der Waals surface area contributed by atoms with E-state index in [9.17, 15) is 4.79 Å². The van der Waals surface area contributed by atoms with Crippen LogP contribution in [0.2, 0.25) is 0 Å². The first kappa shape index (κ1) is 12.6. The summed E-state index contributed by atoms with van der Waals surface area (Å²) in [6, 6.07) is 8.17. The fourth-order valence-corrected chi connectivity index (χ4v) is 2.55. The molecule has 1 atom stereocenters. The zero-order valence-corrected chi connectivity index (χ0v) is 10.9. The quantitative estimate of drug-likeness (QED) is 0.760. The first-order chi connectivity index (χ1) is 8.60. The zero-order chi connectivity index (χ0) is 13.1. The molecule has 1 aliphatic rings. The standard InChI is InChI=1S/C15H18N2O/c1-11-6-12(2)8-14(7-11)15(18)17-5-3-4-13(9-16)10-17/h6-8,13H,3-5,10H2,1-2H3. The Morgan fingerprint density at radius 1 is 1.33 bits per heavy atom. The third-order valence-electron chi connectivity index (χ3n) is 3.36. The highest BCUT2D eigenvalue weighted by molar-refractivity contribution is 5.94. The number of carbonyl (C=O) groups excluding carboxylic acids is 1. The van der Waals surface area contributed by atoms with Crippen LogP contribution in [0.3, 0.4) is 0 Å². The van der Waals surface area contributed by atoms with E-state index < -0.39 is 0 Å². The SMILES string of the molecule is Cc1cc(C)cc(C(=O)N2CCCC(C#N)C2)c1. The van der Waals surface area contributed by atoms with Crippen LogP contribution in [-0.2, 0) is 0 Å². The Bertz CT molecular complexity index is 481. The lowest BCUT2D eigenvalue weighted by molar-refractivity contribution is 0.0698. The Morgan fingerprint density at radius 2 is 2.00 bits per heavy atom. The summed E-state index contributed by atoms with van der Waals surface area (Å²) in [5.74, 6) is 0.0513. The molecule has 1 fully saturated rings. The first-order valence-electron chi connectivity index (χ1n) is 6.37. The number of rotatable bonds is 1. The van der Waals surface area contributed by atoms with Crippen molar-refractivity contribution in [2.75, 3.05) is 13.1 Å². The molecular formula is C15H18N2O. The van der Waals surface area contributed by atoms with Gasteiger partial charge < -0.3 is 4.90 Å². The third-order valence-corrected chi connectivity index (χ3v) is 3.36. The molecule has 1 aromatic rings. The molecule has 0 saturated carbocycles. The second-order valence-corrected chi connectivity index (χ2v) is 5.10. The highest BCUT2D eigenvalue weighted by atomic mass is 16.2. The van der Waals surface area contributed by atoms with E-state index in [4.69, 9.17) is 5.26 Å². The molecule has 1 saturated heterocycles. The van der Waals surface area contributed by atoms with Crippen LogP contribution in [-0.4, -0.2) is 23.9 Å². The maximum absolute atomic E-state index is 12.4. The fraction of sp³-hybridized carbons (Fsp3) is 0.467. The summed E-state index contributed by atoms with van der Waals surface area (Å²) in [5.41, 5.74) is 2.95. The number of benzene rings is 1. The predicted octanol–water partition coefficient (Wildman–Crippen LogP) is 2.68. The van der Waals surface area contributed by atoms with Crippen molar-refractivity contribution in [3.63, 3.8) is 0 Å². The zero-order valence-electron chi connectivity index (χ0n) is 10.9. The van der Waals surface area contributed by atoms with Crippen LogP contribution in [0.5, 0.6) is 0 Å². The van der Waals surface area contributed by atoms with Gasteiger partial charge in [-0.2, -0.15) is 5.26 Å². The van der Waals surface area contributed by atoms with Crippen molar-refractivity contribution in [2.24, 2.45) is 5.92 Å². The number of piperidine rings is 1. The second kappa shape index (κ2) is 5.22. The second-order valence-electron chi connectivity index (χ2n) is 5.10. The van der Waals surface area contributed by atoms with Gasteiger partial charge in [-0.05, 0) is 38.8 Å². The summed E-state index contributed by atoms with van der Waals surface area (Å²) in [6.45, 7) is 5.34. The van der Waals surface area contributed by atoms with E-state index in [1.165, 1.54) is 0 Å². The lowest BCUT2D eigenvalue weighted by Gasteiger charge is -2.29. The predicted molar refractivity (Wildman–Crippen MR) is 70.2 cm³/mol. The summed E-state index contributed by atoms with van der Waals surface area (Å²) >= 11 is 0. The van der Waals surface area contributed by atoms with E-state index in [0.717, 1.165) is 36.1 Å². The van der Waals surface area contributed by atoms with Gasteiger partial charge in [0.1, 0.15) is 0 Å². The van der Waals surface area contributed by atoms with Crippen molar-refractivity contribution >= 4 is 5.91 Å². The maximum Gasteiger partial charge on any atom is 0.253 e. The van der Waals surface area contributed by atoms with Gasteiger partial charge in [0, 0.05) is 18.7 Å². The minimum Gasteiger partial charge on any atom is -0.337 e. The highest BCUT2D eigenvalue weighted by Crippen LogP contribution is 2.19. The lowest BCUT2D eigenvalue weighted by Crippen LogP contribution is -2.39. The van der Waals surface area contributed by atoms with Crippen molar-refractivity contribution in [1.82, 2.24) is 4.90 Å². The van der Waals surface area contributed by atoms with Crippen LogP contribution in [0.1, 0.15) is 34.3 Å². The largest absolute Gasteiger partial charge is 0.337 e. The maximum atomic E-state index is 12.4. The van der Waals surface area contributed by atoms with Gasteiger partial charge in [-0.15, -0.1) is 0 Å². The van der Waals surface area contributed by atoms with Crippen LogP contribution in [0.4, 0.5) is 0 Å². The van der Waals surface area contributed by atoms with Crippen LogP contribution in [0.25, 0.3) is 0 Å². The minimum absolute atomic E-state index is 0.00592. The summed E-state index contributed by atoms with van der Waals surface area (Å²) in [7, 11) is 0. The minimum atomic E-state index is -0.00592. The molecule has 0 N–H and O–H groups in total. The molecule has 1 unspecified atom stereocenters. The van der Waals surface area contributed by atoms with Crippen molar-refractivity contribution in [1.29, 1.82) is 5.26 Å². The molecule has 0 radical (unpaired) electrons. The summed E-state index contributed by atoms with van der Waals surface area (Å²) in [6.07, 6.45) is 1.84. The van der Waals surface area contributed by atoms with E-state index >= 15 is 0 Å². The van der Waals surface area contributed by atoms with Crippen molar-refractivity contribution in [3.05, 3.63) is 34.9 Å². The van der Waals surface area contributed by atoms with E-state index in [2.05, 4.69) is 12.1 Å². The van der Waals surface area contributed by atoms with Crippen molar-refractivity contribution < 1.29 is 4.79 Å². The number of carbonyl (C=O) groups is 1. The number of amides is 1.